The van der Waals surface area contributed by atoms with Gasteiger partial charge in [-0.05, 0) is 54.3 Å². The SMILES string of the molecule is CC1(C)c2ccccc2CC[C@@H]2N=C(c3cccc(Oc4ccc5cccc(O)c5n4)c3)O[C@@H]21. The summed E-state index contributed by atoms with van der Waals surface area (Å²) in [6, 6.07) is 25.6. The number of aryl methyl sites for hydroxylation is 1. The van der Waals surface area contributed by atoms with Gasteiger partial charge in [0.25, 0.3) is 0 Å². The lowest BCUT2D eigenvalue weighted by Crippen LogP contribution is -2.40. The predicted molar refractivity (Wildman–Crippen MR) is 133 cm³/mol. The van der Waals surface area contributed by atoms with Crippen LogP contribution in [0.1, 0.15) is 37.0 Å². The van der Waals surface area contributed by atoms with Crippen molar-refractivity contribution < 1.29 is 14.6 Å². The Morgan fingerprint density at radius 3 is 2.74 bits per heavy atom. The van der Waals surface area contributed by atoms with Gasteiger partial charge in [0.2, 0.25) is 11.8 Å². The molecule has 34 heavy (non-hydrogen) atoms. The summed E-state index contributed by atoms with van der Waals surface area (Å²) in [5.74, 6) is 1.86. The number of ether oxygens (including phenoxy) is 2. The zero-order valence-corrected chi connectivity index (χ0v) is 19.2. The fourth-order valence-electron chi connectivity index (χ4n) is 5.24. The summed E-state index contributed by atoms with van der Waals surface area (Å²) >= 11 is 0. The van der Waals surface area contributed by atoms with Crippen LogP contribution in [0.25, 0.3) is 10.9 Å². The molecule has 1 N–H and O–H groups in total. The van der Waals surface area contributed by atoms with Gasteiger partial charge in [-0.1, -0.05) is 56.3 Å². The van der Waals surface area contributed by atoms with Gasteiger partial charge in [0.05, 0.1) is 6.04 Å². The molecule has 1 aliphatic carbocycles. The van der Waals surface area contributed by atoms with E-state index in [1.807, 2.05) is 36.4 Å². The summed E-state index contributed by atoms with van der Waals surface area (Å²) in [5.41, 5.74) is 4.00. The molecule has 170 valence electrons. The molecule has 2 heterocycles. The van der Waals surface area contributed by atoms with Crippen LogP contribution in [0, 0.1) is 0 Å². The standard InChI is InChI=1S/C29H26N2O3/c1-29(2)22-11-4-3-7-18(22)13-15-23-27(29)34-28(30-23)20-9-5-10-21(17-20)33-25-16-14-19-8-6-12-24(32)26(19)31-25/h3-12,14,16-17,23,27,32H,13,15H2,1-2H3/t23-,27-/m0/s1. The largest absolute Gasteiger partial charge is 0.506 e. The summed E-state index contributed by atoms with van der Waals surface area (Å²) in [5, 5.41) is 11.0. The summed E-state index contributed by atoms with van der Waals surface area (Å²) in [6.07, 6.45) is 1.96. The van der Waals surface area contributed by atoms with Crippen LogP contribution >= 0.6 is 0 Å². The number of fused-ring (bicyclic) bond motifs is 3. The minimum Gasteiger partial charge on any atom is -0.506 e. The van der Waals surface area contributed by atoms with Crippen molar-refractivity contribution in [3.63, 3.8) is 0 Å². The van der Waals surface area contributed by atoms with Crippen LogP contribution in [0.5, 0.6) is 17.4 Å². The minimum absolute atomic E-state index is 0.0131. The molecule has 5 nitrogen and oxygen atoms in total. The number of nitrogens with zero attached hydrogens (tertiary/aromatic N) is 2. The highest BCUT2D eigenvalue weighted by molar-refractivity contribution is 5.96. The highest BCUT2D eigenvalue weighted by Crippen LogP contribution is 2.42. The highest BCUT2D eigenvalue weighted by atomic mass is 16.5. The summed E-state index contributed by atoms with van der Waals surface area (Å²) < 4.78 is 12.6. The molecule has 0 radical (unpaired) electrons. The molecular weight excluding hydrogens is 424 g/mol. The molecule has 0 spiro atoms. The zero-order valence-electron chi connectivity index (χ0n) is 19.2. The number of pyridine rings is 1. The van der Waals surface area contributed by atoms with Crippen molar-refractivity contribution in [1.82, 2.24) is 4.98 Å². The average Bonchev–Trinajstić information content (AvgIpc) is 3.25. The molecule has 1 aliphatic heterocycles. The number of aromatic hydroxyl groups is 1. The minimum atomic E-state index is -0.145. The Bertz CT molecular complexity index is 1430. The monoisotopic (exact) mass is 450 g/mol. The maximum atomic E-state index is 10.1. The third-order valence-corrected chi connectivity index (χ3v) is 6.98. The fraction of sp³-hybridized carbons (Fsp3) is 0.241. The lowest BCUT2D eigenvalue weighted by molar-refractivity contribution is 0.116. The quantitative estimate of drug-likeness (QED) is 0.405. The first kappa shape index (κ1) is 20.7. The first-order chi connectivity index (χ1) is 16.5. The molecule has 0 amide bonds. The van der Waals surface area contributed by atoms with E-state index in [1.165, 1.54) is 11.1 Å². The summed E-state index contributed by atoms with van der Waals surface area (Å²) in [7, 11) is 0. The van der Waals surface area contributed by atoms with E-state index < -0.39 is 0 Å². The van der Waals surface area contributed by atoms with E-state index in [2.05, 4.69) is 43.1 Å². The van der Waals surface area contributed by atoms with Crippen molar-refractivity contribution in [2.24, 2.45) is 4.99 Å². The number of phenols is 1. The maximum absolute atomic E-state index is 10.1. The van der Waals surface area contributed by atoms with E-state index in [-0.39, 0.29) is 23.3 Å². The number of rotatable bonds is 3. The van der Waals surface area contributed by atoms with Crippen molar-refractivity contribution in [2.45, 2.75) is 44.2 Å². The fourth-order valence-corrected chi connectivity index (χ4v) is 5.24. The molecule has 1 aromatic heterocycles. The van der Waals surface area contributed by atoms with E-state index in [0.717, 1.165) is 23.8 Å². The number of hydrogen-bond acceptors (Lipinski definition) is 5. The molecule has 0 unspecified atom stereocenters. The van der Waals surface area contributed by atoms with E-state index >= 15 is 0 Å². The van der Waals surface area contributed by atoms with Gasteiger partial charge in [-0.3, -0.25) is 0 Å². The predicted octanol–water partition coefficient (Wildman–Crippen LogP) is 6.17. The Balaban J connectivity index is 1.27. The van der Waals surface area contributed by atoms with E-state index in [0.29, 0.717) is 23.0 Å². The second kappa shape index (κ2) is 7.87. The van der Waals surface area contributed by atoms with E-state index in [1.54, 1.807) is 18.2 Å². The third-order valence-electron chi connectivity index (χ3n) is 6.98. The van der Waals surface area contributed by atoms with Crippen LogP contribution < -0.4 is 4.74 Å². The third kappa shape index (κ3) is 3.48. The molecule has 4 aromatic rings. The number of benzene rings is 3. The molecule has 2 aliphatic rings. The highest BCUT2D eigenvalue weighted by Gasteiger charge is 2.46. The second-order valence-corrected chi connectivity index (χ2v) is 9.59. The molecule has 0 bridgehead atoms. The molecule has 5 heteroatoms. The average molecular weight is 451 g/mol. The smallest absolute Gasteiger partial charge is 0.219 e. The molecule has 0 fully saturated rings. The van der Waals surface area contributed by atoms with Gasteiger partial charge in [0, 0.05) is 22.4 Å². The number of hydrogen-bond donors (Lipinski definition) is 1. The van der Waals surface area contributed by atoms with Crippen molar-refractivity contribution in [1.29, 1.82) is 0 Å². The normalized spacial score (nSPS) is 20.6. The first-order valence-electron chi connectivity index (χ1n) is 11.7. The van der Waals surface area contributed by atoms with Crippen LogP contribution in [0.3, 0.4) is 0 Å². The van der Waals surface area contributed by atoms with Crippen LogP contribution in [0.4, 0.5) is 0 Å². The Morgan fingerprint density at radius 1 is 0.971 bits per heavy atom. The zero-order chi connectivity index (χ0) is 23.3. The van der Waals surface area contributed by atoms with Crippen molar-refractivity contribution in [3.8, 4) is 17.4 Å². The molecule has 0 saturated carbocycles. The van der Waals surface area contributed by atoms with E-state index in [4.69, 9.17) is 14.5 Å². The summed E-state index contributed by atoms with van der Waals surface area (Å²) in [6.45, 7) is 4.52. The van der Waals surface area contributed by atoms with Crippen molar-refractivity contribution >= 4 is 16.8 Å². The Hall–Kier alpha value is -3.86. The van der Waals surface area contributed by atoms with E-state index in [9.17, 15) is 5.11 Å². The Morgan fingerprint density at radius 2 is 1.82 bits per heavy atom. The molecule has 6 rings (SSSR count). The van der Waals surface area contributed by atoms with Gasteiger partial charge in [0.1, 0.15) is 23.1 Å². The van der Waals surface area contributed by atoms with Gasteiger partial charge < -0.3 is 14.6 Å². The second-order valence-electron chi connectivity index (χ2n) is 9.59. The summed E-state index contributed by atoms with van der Waals surface area (Å²) in [4.78, 5) is 9.48. The van der Waals surface area contributed by atoms with Gasteiger partial charge >= 0.3 is 0 Å². The Kier molecular flexibility index (Phi) is 4.80. The van der Waals surface area contributed by atoms with Gasteiger partial charge in [-0.2, -0.15) is 0 Å². The lowest BCUT2D eigenvalue weighted by atomic mass is 9.77. The lowest BCUT2D eigenvalue weighted by Gasteiger charge is -2.33. The number of aliphatic imine (C=N–C) groups is 1. The van der Waals surface area contributed by atoms with Crippen molar-refractivity contribution in [2.75, 3.05) is 0 Å². The van der Waals surface area contributed by atoms with Crippen LogP contribution in [-0.2, 0) is 16.6 Å². The molecule has 2 atom stereocenters. The van der Waals surface area contributed by atoms with Crippen LogP contribution in [-0.4, -0.2) is 28.1 Å². The Labute approximate surface area is 198 Å². The molecular formula is C29H26N2O3. The van der Waals surface area contributed by atoms with Crippen LogP contribution in [0.15, 0.2) is 83.9 Å². The number of phenolic OH excluding ortho intramolecular Hbond substituents is 1. The molecule has 0 saturated heterocycles. The first-order valence-corrected chi connectivity index (χ1v) is 11.7. The number of aromatic nitrogens is 1. The van der Waals surface area contributed by atoms with Crippen molar-refractivity contribution in [3.05, 3.63) is 95.6 Å². The molecule has 3 aromatic carbocycles. The number of para-hydroxylation sites is 1. The van der Waals surface area contributed by atoms with Gasteiger partial charge in [0.15, 0.2) is 0 Å². The van der Waals surface area contributed by atoms with Gasteiger partial charge in [-0.15, -0.1) is 0 Å². The van der Waals surface area contributed by atoms with Gasteiger partial charge in [-0.25, -0.2) is 9.98 Å². The van der Waals surface area contributed by atoms with Crippen LogP contribution in [0.2, 0.25) is 0 Å². The maximum Gasteiger partial charge on any atom is 0.219 e. The topological polar surface area (TPSA) is 63.9 Å².